The maximum Gasteiger partial charge on any atom is 0.108 e. The summed E-state index contributed by atoms with van der Waals surface area (Å²) in [6.45, 7) is 4.31. The minimum atomic E-state index is -0.106. The monoisotopic (exact) mass is 114 g/mol. The van der Waals surface area contributed by atoms with Crippen LogP contribution in [-0.4, -0.2) is 20.4 Å². The highest BCUT2D eigenvalue weighted by Gasteiger charge is 1.87. The van der Waals surface area contributed by atoms with E-state index in [1.54, 1.807) is 0 Å². The van der Waals surface area contributed by atoms with Crippen LogP contribution in [0.3, 0.4) is 0 Å². The summed E-state index contributed by atoms with van der Waals surface area (Å²) in [4.78, 5) is 0. The second-order valence-corrected chi connectivity index (χ2v) is 3.80. The molecule has 0 aromatic rings. The zero-order valence-electron chi connectivity index (χ0n) is 5.15. The van der Waals surface area contributed by atoms with Crippen molar-refractivity contribution in [3.63, 3.8) is 0 Å². The SMILES string of the molecule is [B]P(C)CCCC. The summed E-state index contributed by atoms with van der Waals surface area (Å²) in [5.41, 5.74) is 0. The number of rotatable bonds is 3. The Labute approximate surface area is 48.8 Å². The first-order valence-corrected chi connectivity index (χ1v) is 4.77. The molecule has 0 aliphatic heterocycles. The first-order chi connectivity index (χ1) is 3.27. The van der Waals surface area contributed by atoms with Crippen LogP contribution in [0, 0.1) is 0 Å². The van der Waals surface area contributed by atoms with Crippen LogP contribution < -0.4 is 0 Å². The van der Waals surface area contributed by atoms with Crippen molar-refractivity contribution in [1.82, 2.24) is 0 Å². The average Bonchev–Trinajstić information content (AvgIpc) is 1.61. The largest absolute Gasteiger partial charge is 0.160 e. The van der Waals surface area contributed by atoms with Gasteiger partial charge in [-0.25, -0.2) is 0 Å². The fourth-order valence-electron chi connectivity index (χ4n) is 0.408. The van der Waals surface area contributed by atoms with Crippen molar-refractivity contribution in [2.75, 3.05) is 12.8 Å². The molecule has 0 aliphatic rings. The average molecular weight is 114 g/mol. The fraction of sp³-hybridized carbons (Fsp3) is 1.00. The van der Waals surface area contributed by atoms with Crippen LogP contribution in [0.15, 0.2) is 0 Å². The Morgan fingerprint density at radius 3 is 2.29 bits per heavy atom. The van der Waals surface area contributed by atoms with E-state index in [0.29, 0.717) is 0 Å². The molecular formula is C5H12BP. The first-order valence-electron chi connectivity index (χ1n) is 2.73. The molecule has 0 aromatic carbocycles. The van der Waals surface area contributed by atoms with E-state index in [1.165, 1.54) is 19.0 Å². The number of hydrogen-bond acceptors (Lipinski definition) is 0. The highest BCUT2D eigenvalue weighted by atomic mass is 31.1. The summed E-state index contributed by atoms with van der Waals surface area (Å²) in [5, 5.41) is 0. The zero-order valence-corrected chi connectivity index (χ0v) is 6.04. The van der Waals surface area contributed by atoms with Gasteiger partial charge in [0, 0.05) is 0 Å². The van der Waals surface area contributed by atoms with Crippen molar-refractivity contribution >= 4 is 15.4 Å². The smallest absolute Gasteiger partial charge is 0.108 e. The molecule has 0 N–H and O–H groups in total. The van der Waals surface area contributed by atoms with Crippen molar-refractivity contribution < 1.29 is 0 Å². The standard InChI is InChI=1S/C5H12BP/c1-3-4-5-7(2)6/h3-5H2,1-2H3. The van der Waals surface area contributed by atoms with E-state index in [-0.39, 0.29) is 7.80 Å². The molecule has 0 rings (SSSR count). The Hall–Kier alpha value is 0.495. The summed E-state index contributed by atoms with van der Waals surface area (Å²) in [6.07, 6.45) is 3.83. The second-order valence-electron chi connectivity index (χ2n) is 1.83. The summed E-state index contributed by atoms with van der Waals surface area (Å²) in [7, 11) is 5.44. The Morgan fingerprint density at radius 2 is 2.14 bits per heavy atom. The van der Waals surface area contributed by atoms with Crippen molar-refractivity contribution in [2.24, 2.45) is 0 Å². The van der Waals surface area contributed by atoms with Crippen molar-refractivity contribution in [3.05, 3.63) is 0 Å². The summed E-state index contributed by atoms with van der Waals surface area (Å²) >= 11 is 0. The molecule has 0 heterocycles. The van der Waals surface area contributed by atoms with Crippen molar-refractivity contribution in [1.29, 1.82) is 0 Å². The molecule has 0 spiro atoms. The van der Waals surface area contributed by atoms with Gasteiger partial charge in [0.25, 0.3) is 0 Å². The third-order valence-electron chi connectivity index (χ3n) is 0.864. The van der Waals surface area contributed by atoms with Gasteiger partial charge in [-0.15, -0.1) is 0 Å². The lowest BCUT2D eigenvalue weighted by Crippen LogP contribution is -1.79. The van der Waals surface area contributed by atoms with Gasteiger partial charge >= 0.3 is 0 Å². The van der Waals surface area contributed by atoms with Gasteiger partial charge in [-0.1, -0.05) is 26.4 Å². The summed E-state index contributed by atoms with van der Waals surface area (Å²) in [6, 6.07) is 0. The highest BCUT2D eigenvalue weighted by molar-refractivity contribution is 7.81. The van der Waals surface area contributed by atoms with E-state index in [1.807, 2.05) is 0 Å². The lowest BCUT2D eigenvalue weighted by atomic mass is 10.4. The summed E-state index contributed by atoms with van der Waals surface area (Å²) in [5.74, 6) is 0. The van der Waals surface area contributed by atoms with E-state index < -0.39 is 0 Å². The lowest BCUT2D eigenvalue weighted by Gasteiger charge is -2.00. The predicted octanol–water partition coefficient (Wildman–Crippen LogP) is 1.98. The maximum absolute atomic E-state index is 5.54. The van der Waals surface area contributed by atoms with Gasteiger partial charge in [-0.3, -0.25) is 0 Å². The molecule has 0 aliphatic carbocycles. The molecule has 0 fully saturated rings. The van der Waals surface area contributed by atoms with Crippen molar-refractivity contribution in [2.45, 2.75) is 19.8 Å². The predicted molar refractivity (Wildman–Crippen MR) is 38.4 cm³/mol. The molecule has 2 heteroatoms. The molecule has 40 valence electrons. The molecule has 0 amide bonds. The minimum Gasteiger partial charge on any atom is -0.160 e. The summed E-state index contributed by atoms with van der Waals surface area (Å²) < 4.78 is 0. The van der Waals surface area contributed by atoms with Crippen LogP contribution in [0.5, 0.6) is 0 Å². The van der Waals surface area contributed by atoms with Crippen LogP contribution in [0.2, 0.25) is 0 Å². The van der Waals surface area contributed by atoms with Gasteiger partial charge < -0.3 is 0 Å². The van der Waals surface area contributed by atoms with Gasteiger partial charge in [0.15, 0.2) is 0 Å². The van der Waals surface area contributed by atoms with Gasteiger partial charge in [-0.05, 0) is 6.16 Å². The first kappa shape index (κ1) is 7.49. The second kappa shape index (κ2) is 4.65. The van der Waals surface area contributed by atoms with E-state index in [9.17, 15) is 0 Å². The lowest BCUT2D eigenvalue weighted by molar-refractivity contribution is 0.894. The Balaban J connectivity index is 2.68. The van der Waals surface area contributed by atoms with Gasteiger partial charge in [-0.2, -0.15) is 7.80 Å². The van der Waals surface area contributed by atoms with Gasteiger partial charge in [0.2, 0.25) is 0 Å². The molecule has 7 heavy (non-hydrogen) atoms. The van der Waals surface area contributed by atoms with E-state index in [0.717, 1.165) is 0 Å². The molecule has 0 saturated carbocycles. The fourth-order valence-corrected chi connectivity index (χ4v) is 1.22. The zero-order chi connectivity index (χ0) is 5.70. The normalized spacial score (nSPS) is 14.0. The van der Waals surface area contributed by atoms with E-state index >= 15 is 0 Å². The third-order valence-corrected chi connectivity index (χ3v) is 1.89. The topological polar surface area (TPSA) is 0 Å². The van der Waals surface area contributed by atoms with Crippen LogP contribution in [-0.2, 0) is 0 Å². The molecule has 1 unspecified atom stereocenters. The van der Waals surface area contributed by atoms with Crippen LogP contribution in [0.25, 0.3) is 0 Å². The molecule has 0 aromatic heterocycles. The Bertz CT molecular complexity index is 37.1. The van der Waals surface area contributed by atoms with Crippen LogP contribution >= 0.6 is 7.80 Å². The van der Waals surface area contributed by atoms with Gasteiger partial charge in [0.05, 0.1) is 0 Å². The van der Waals surface area contributed by atoms with Crippen LogP contribution in [0.4, 0.5) is 0 Å². The molecule has 1 atom stereocenters. The van der Waals surface area contributed by atoms with Crippen LogP contribution in [0.1, 0.15) is 19.8 Å². The number of hydrogen-bond donors (Lipinski definition) is 0. The molecule has 2 radical (unpaired) electrons. The highest BCUT2D eigenvalue weighted by Crippen LogP contribution is 2.23. The van der Waals surface area contributed by atoms with Crippen molar-refractivity contribution in [3.8, 4) is 0 Å². The molecule has 0 saturated heterocycles. The molecule has 0 nitrogen and oxygen atoms in total. The Morgan fingerprint density at radius 1 is 1.57 bits per heavy atom. The van der Waals surface area contributed by atoms with E-state index in [2.05, 4.69) is 13.6 Å². The molecular weight excluding hydrogens is 102 g/mol. The third kappa shape index (κ3) is 6.49. The quantitative estimate of drug-likeness (QED) is 0.388. The maximum atomic E-state index is 5.54. The number of unbranched alkanes of at least 4 members (excludes halogenated alkanes) is 1. The van der Waals surface area contributed by atoms with E-state index in [4.69, 9.17) is 7.57 Å². The van der Waals surface area contributed by atoms with Gasteiger partial charge in [0.1, 0.15) is 7.57 Å². The Kier molecular flexibility index (Phi) is 4.98. The molecule has 0 bridgehead atoms. The minimum absolute atomic E-state index is 0.106.